The van der Waals surface area contributed by atoms with Gasteiger partial charge in [-0.15, -0.1) is 11.3 Å². The highest BCUT2D eigenvalue weighted by atomic mass is 32.1. The van der Waals surface area contributed by atoms with Crippen LogP contribution in [0.15, 0.2) is 35.8 Å². The first-order valence-corrected chi connectivity index (χ1v) is 9.39. The third-order valence-corrected chi connectivity index (χ3v) is 5.98. The van der Waals surface area contributed by atoms with Crippen LogP contribution in [-0.4, -0.2) is 9.38 Å². The first-order chi connectivity index (χ1) is 11.6. The summed E-state index contributed by atoms with van der Waals surface area (Å²) in [5.74, 6) is 0. The van der Waals surface area contributed by atoms with Crippen molar-refractivity contribution in [2.24, 2.45) is 0 Å². The van der Waals surface area contributed by atoms with Crippen molar-refractivity contribution in [2.75, 3.05) is 0 Å². The fraction of sp³-hybridized carbons (Fsp3) is 0.286. The van der Waals surface area contributed by atoms with Crippen molar-refractivity contribution >= 4 is 27.1 Å². The highest BCUT2D eigenvalue weighted by molar-refractivity contribution is 7.17. The molecular weight excluding hydrogens is 312 g/mol. The molecule has 0 bridgehead atoms. The lowest BCUT2D eigenvalue weighted by Gasteiger charge is -2.07. The van der Waals surface area contributed by atoms with E-state index in [1.165, 1.54) is 43.7 Å². The summed E-state index contributed by atoms with van der Waals surface area (Å²) in [5, 5.41) is 3.74. The third kappa shape index (κ3) is 2.35. The first-order valence-electron chi connectivity index (χ1n) is 8.51. The van der Waals surface area contributed by atoms with Gasteiger partial charge in [0, 0.05) is 17.3 Å². The molecule has 0 aliphatic rings. The summed E-state index contributed by atoms with van der Waals surface area (Å²) in [6.07, 6.45) is 4.15. The maximum absolute atomic E-state index is 4.88. The number of benzene rings is 1. The van der Waals surface area contributed by atoms with Crippen LogP contribution in [0.2, 0.25) is 0 Å². The fourth-order valence-electron chi connectivity index (χ4n) is 3.51. The first kappa shape index (κ1) is 15.4. The van der Waals surface area contributed by atoms with Crippen molar-refractivity contribution in [3.63, 3.8) is 0 Å². The van der Waals surface area contributed by atoms with Crippen molar-refractivity contribution in [1.29, 1.82) is 0 Å². The second-order valence-corrected chi connectivity index (χ2v) is 7.52. The van der Waals surface area contributed by atoms with Gasteiger partial charge in [0.15, 0.2) is 0 Å². The van der Waals surface area contributed by atoms with Crippen molar-refractivity contribution < 1.29 is 0 Å². The molecule has 0 aliphatic heterocycles. The molecule has 122 valence electrons. The summed E-state index contributed by atoms with van der Waals surface area (Å²) < 4.78 is 3.67. The minimum absolute atomic E-state index is 0.942. The van der Waals surface area contributed by atoms with Crippen LogP contribution in [0.5, 0.6) is 0 Å². The molecule has 0 amide bonds. The topological polar surface area (TPSA) is 17.3 Å². The van der Waals surface area contributed by atoms with Crippen LogP contribution in [0.25, 0.3) is 15.7 Å². The third-order valence-electron chi connectivity index (χ3n) is 4.99. The Labute approximate surface area is 146 Å². The van der Waals surface area contributed by atoms with E-state index in [1.54, 1.807) is 0 Å². The number of imidazole rings is 1. The number of pyridine rings is 1. The van der Waals surface area contributed by atoms with Crippen molar-refractivity contribution in [2.45, 2.75) is 40.5 Å². The maximum Gasteiger partial charge on any atom is 0.137 e. The number of aryl methyl sites for hydroxylation is 4. The highest BCUT2D eigenvalue weighted by Gasteiger charge is 2.15. The van der Waals surface area contributed by atoms with Crippen LogP contribution >= 0.6 is 11.3 Å². The molecule has 3 aromatic heterocycles. The van der Waals surface area contributed by atoms with Crippen LogP contribution in [0.1, 0.15) is 40.6 Å². The van der Waals surface area contributed by atoms with Gasteiger partial charge in [-0.1, -0.05) is 19.1 Å². The fourth-order valence-corrected chi connectivity index (χ4v) is 4.55. The largest absolute Gasteiger partial charge is 0.303 e. The van der Waals surface area contributed by atoms with Gasteiger partial charge in [0.1, 0.15) is 5.65 Å². The van der Waals surface area contributed by atoms with Gasteiger partial charge < -0.3 is 4.40 Å². The van der Waals surface area contributed by atoms with Gasteiger partial charge in [0.2, 0.25) is 0 Å². The monoisotopic (exact) mass is 334 g/mol. The second-order valence-electron chi connectivity index (χ2n) is 6.61. The summed E-state index contributed by atoms with van der Waals surface area (Å²) >= 11 is 1.84. The average molecular weight is 334 g/mol. The van der Waals surface area contributed by atoms with Crippen LogP contribution in [0.3, 0.4) is 0 Å². The molecule has 0 fully saturated rings. The van der Waals surface area contributed by atoms with Gasteiger partial charge in [-0.3, -0.25) is 0 Å². The Bertz CT molecular complexity index is 1050. The number of fused-ring (bicyclic) bond motifs is 2. The minimum Gasteiger partial charge on any atom is -0.303 e. The lowest BCUT2D eigenvalue weighted by Crippen LogP contribution is -1.99. The van der Waals surface area contributed by atoms with E-state index < -0.39 is 0 Å². The molecule has 0 atom stereocenters. The molecule has 0 saturated carbocycles. The molecule has 4 rings (SSSR count). The van der Waals surface area contributed by atoms with Gasteiger partial charge >= 0.3 is 0 Å². The molecule has 0 unspecified atom stereocenters. The summed E-state index contributed by atoms with van der Waals surface area (Å²) in [5.41, 5.74) is 9.02. The zero-order valence-corrected chi connectivity index (χ0v) is 15.5. The van der Waals surface area contributed by atoms with Crippen molar-refractivity contribution in [1.82, 2.24) is 9.38 Å². The Kier molecular flexibility index (Phi) is 3.69. The summed E-state index contributed by atoms with van der Waals surface area (Å²) in [7, 11) is 0. The van der Waals surface area contributed by atoms with Crippen molar-refractivity contribution in [3.05, 3.63) is 69.5 Å². The molecule has 0 radical (unpaired) electrons. The summed E-state index contributed by atoms with van der Waals surface area (Å²) in [6, 6.07) is 8.78. The van der Waals surface area contributed by atoms with E-state index >= 15 is 0 Å². The van der Waals surface area contributed by atoms with E-state index in [2.05, 4.69) is 67.9 Å². The average Bonchev–Trinajstić information content (AvgIpc) is 3.12. The van der Waals surface area contributed by atoms with Gasteiger partial charge in [-0.25, -0.2) is 4.98 Å². The van der Waals surface area contributed by atoms with Crippen molar-refractivity contribution in [3.8, 4) is 0 Å². The lowest BCUT2D eigenvalue weighted by molar-refractivity contribution is 0.965. The van der Waals surface area contributed by atoms with Crippen LogP contribution in [0.4, 0.5) is 0 Å². The normalized spacial score (nSPS) is 11.7. The predicted octanol–water partition coefficient (Wildman–Crippen LogP) is 5.63. The van der Waals surface area contributed by atoms with Gasteiger partial charge in [-0.05, 0) is 72.3 Å². The standard InChI is InChI=1S/C21H22N2S/c1-5-17-18(23-11-15(4)14(3)9-20(23)22-17)10-16-12-24-19-8-6-7-13(2)21(16)19/h6-9,11-12H,5,10H2,1-4H3. The molecule has 1 aromatic carbocycles. The van der Waals surface area contributed by atoms with E-state index in [-0.39, 0.29) is 0 Å². The van der Waals surface area contributed by atoms with Crippen LogP contribution in [0, 0.1) is 20.8 Å². The Morgan fingerprint density at radius 3 is 2.71 bits per heavy atom. The van der Waals surface area contributed by atoms with Gasteiger partial charge in [0.05, 0.1) is 11.4 Å². The molecule has 0 N–H and O–H groups in total. The lowest BCUT2D eigenvalue weighted by atomic mass is 10.0. The molecular formula is C21H22N2S. The van der Waals surface area contributed by atoms with E-state index in [0.29, 0.717) is 0 Å². The Balaban J connectivity index is 1.91. The van der Waals surface area contributed by atoms with E-state index in [1.807, 2.05) is 11.3 Å². The zero-order valence-electron chi connectivity index (χ0n) is 14.7. The van der Waals surface area contributed by atoms with E-state index in [4.69, 9.17) is 4.98 Å². The summed E-state index contributed by atoms with van der Waals surface area (Å²) in [6.45, 7) is 8.74. The number of hydrogen-bond donors (Lipinski definition) is 0. The molecule has 24 heavy (non-hydrogen) atoms. The Morgan fingerprint density at radius 1 is 1.08 bits per heavy atom. The SMILES string of the molecule is CCc1nc2cc(C)c(C)cn2c1Cc1csc2cccc(C)c12. The van der Waals surface area contributed by atoms with E-state index in [0.717, 1.165) is 18.5 Å². The smallest absolute Gasteiger partial charge is 0.137 e. The molecule has 3 heterocycles. The Morgan fingerprint density at radius 2 is 1.92 bits per heavy atom. The molecule has 2 nitrogen and oxygen atoms in total. The van der Waals surface area contributed by atoms with Gasteiger partial charge in [0.25, 0.3) is 0 Å². The number of aromatic nitrogens is 2. The number of rotatable bonds is 3. The zero-order chi connectivity index (χ0) is 16.8. The molecule has 3 heteroatoms. The van der Waals surface area contributed by atoms with Gasteiger partial charge in [-0.2, -0.15) is 0 Å². The second kappa shape index (κ2) is 5.75. The quantitative estimate of drug-likeness (QED) is 0.475. The molecule has 0 saturated heterocycles. The number of thiophene rings is 1. The molecule has 0 spiro atoms. The molecule has 4 aromatic rings. The molecule has 0 aliphatic carbocycles. The highest BCUT2D eigenvalue weighted by Crippen LogP contribution is 2.31. The van der Waals surface area contributed by atoms with Crippen LogP contribution < -0.4 is 0 Å². The minimum atomic E-state index is 0.942. The number of hydrogen-bond acceptors (Lipinski definition) is 2. The summed E-state index contributed by atoms with van der Waals surface area (Å²) in [4.78, 5) is 4.88. The van der Waals surface area contributed by atoms with E-state index in [9.17, 15) is 0 Å². The number of nitrogens with zero attached hydrogens (tertiary/aromatic N) is 2. The maximum atomic E-state index is 4.88. The predicted molar refractivity (Wildman–Crippen MR) is 103 cm³/mol. The Hall–Kier alpha value is -2.13. The van der Waals surface area contributed by atoms with Crippen LogP contribution in [-0.2, 0) is 12.8 Å².